The average Bonchev–Trinajstić information content (AvgIpc) is 2.62. The zero-order valence-corrected chi connectivity index (χ0v) is 9.95. The Morgan fingerprint density at radius 1 is 1.17 bits per heavy atom. The van der Waals surface area contributed by atoms with Crippen LogP contribution in [0, 0.1) is 0 Å². The molecule has 0 aliphatic heterocycles. The van der Waals surface area contributed by atoms with Crippen molar-refractivity contribution in [2.45, 2.75) is 35.8 Å². The molecule has 1 heterocycles. The van der Waals surface area contributed by atoms with Crippen molar-refractivity contribution in [1.29, 1.82) is 0 Å². The summed E-state index contributed by atoms with van der Waals surface area (Å²) >= 11 is -1.43. The maximum absolute atomic E-state index is 3.41. The van der Waals surface area contributed by atoms with Crippen LogP contribution < -0.4 is 4.29 Å². The van der Waals surface area contributed by atoms with Crippen LogP contribution in [-0.4, -0.2) is 4.98 Å². The van der Waals surface area contributed by atoms with Crippen molar-refractivity contribution in [3.05, 3.63) is 18.3 Å². The van der Waals surface area contributed by atoms with Crippen LogP contribution >= 0.6 is 0 Å². The van der Waals surface area contributed by atoms with Gasteiger partial charge in [-0.25, -0.2) is 0 Å². The number of H-pyrrole nitrogens is 1. The first-order valence-electron chi connectivity index (χ1n) is 4.54. The van der Waals surface area contributed by atoms with Crippen LogP contribution in [0.2, 0.25) is 15.0 Å². The van der Waals surface area contributed by atoms with Gasteiger partial charge >= 0.3 is 78.2 Å². The minimum absolute atomic E-state index is 1.39. The Morgan fingerprint density at radius 3 is 2.08 bits per heavy atom. The molecule has 2 heteroatoms. The molecule has 0 saturated heterocycles. The zero-order valence-electron chi connectivity index (χ0n) is 8.21. The molecule has 1 N–H and O–H groups in total. The van der Waals surface area contributed by atoms with Crippen LogP contribution in [0.25, 0.3) is 0 Å². The summed E-state index contributed by atoms with van der Waals surface area (Å²) in [6, 6.07) is 4.41. The van der Waals surface area contributed by atoms with Gasteiger partial charge in [0.1, 0.15) is 0 Å². The third-order valence-electron chi connectivity index (χ3n) is 2.39. The predicted molar refractivity (Wildman–Crippen MR) is 51.9 cm³/mol. The van der Waals surface area contributed by atoms with E-state index in [2.05, 4.69) is 44.1 Å². The fourth-order valence-corrected chi connectivity index (χ4v) is 7.52. The molecule has 0 saturated carbocycles. The van der Waals surface area contributed by atoms with Crippen molar-refractivity contribution in [2.75, 3.05) is 0 Å². The molecule has 0 radical (unpaired) electrons. The summed E-state index contributed by atoms with van der Waals surface area (Å²) in [5.74, 6) is 0. The van der Waals surface area contributed by atoms with Gasteiger partial charge in [-0.05, 0) is 0 Å². The molecule has 72 valence electrons. The quantitative estimate of drug-likeness (QED) is 0.795. The maximum atomic E-state index is 3.41. The van der Waals surface area contributed by atoms with Gasteiger partial charge in [0.15, 0.2) is 0 Å². The Balaban J connectivity index is 2.93. The second kappa shape index (κ2) is 4.23. The van der Waals surface area contributed by atoms with Gasteiger partial charge in [0, 0.05) is 0 Å². The Hall–Kier alpha value is -0.0966. The van der Waals surface area contributed by atoms with Crippen LogP contribution in [-0.2, 0) is 14.8 Å². The van der Waals surface area contributed by atoms with Gasteiger partial charge < -0.3 is 0 Å². The third-order valence-corrected chi connectivity index (χ3v) is 12.0. The van der Waals surface area contributed by atoms with E-state index >= 15 is 0 Å². The summed E-state index contributed by atoms with van der Waals surface area (Å²) < 4.78 is 1.57. The third kappa shape index (κ3) is 1.64. The number of aromatic nitrogens is 1. The first kappa shape index (κ1) is 9.99. The normalized spacial score (nSPS) is 13.2. The van der Waals surface area contributed by atoms with E-state index in [-0.39, 0.29) is 0 Å². The molecular weight excluding hydrogens is 235 g/mol. The van der Waals surface area contributed by atoms with Gasteiger partial charge in [-0.2, -0.15) is 0 Å². The number of nitrogens with one attached hydrogen (secondary N) is 1. The fourth-order valence-electron chi connectivity index (χ4n) is 1.47. The van der Waals surface area contributed by atoms with Crippen LogP contribution in [0.15, 0.2) is 18.3 Å². The Labute approximate surface area is 78.4 Å². The van der Waals surface area contributed by atoms with Crippen LogP contribution in [0.5, 0.6) is 0 Å². The van der Waals surface area contributed by atoms with Gasteiger partial charge in [0.2, 0.25) is 0 Å². The molecule has 0 aliphatic rings. The number of hydrogen-bond acceptors (Lipinski definition) is 0. The van der Waals surface area contributed by atoms with Gasteiger partial charge in [0.25, 0.3) is 0 Å². The van der Waals surface area contributed by atoms with Gasteiger partial charge in [-0.3, -0.25) is 0 Å². The summed E-state index contributed by atoms with van der Waals surface area (Å²) in [5.41, 5.74) is 0. The summed E-state index contributed by atoms with van der Waals surface area (Å²) in [5, 5.41) is 4.18. The molecule has 1 nitrogen and oxygen atoms in total. The molecule has 0 amide bonds. The van der Waals surface area contributed by atoms with E-state index in [9.17, 15) is 0 Å². The van der Waals surface area contributed by atoms with Crippen molar-refractivity contribution < 1.29 is 14.8 Å². The van der Waals surface area contributed by atoms with Crippen molar-refractivity contribution in [3.8, 4) is 0 Å². The van der Waals surface area contributed by atoms with E-state index in [1.54, 1.807) is 4.29 Å². The molecule has 0 aliphatic carbocycles. The topological polar surface area (TPSA) is 15.8 Å². The number of hydrogen-bond donors (Lipinski definition) is 1. The van der Waals surface area contributed by atoms with Crippen LogP contribution in [0.1, 0.15) is 20.8 Å². The van der Waals surface area contributed by atoms with Crippen molar-refractivity contribution in [3.63, 3.8) is 0 Å². The van der Waals surface area contributed by atoms with E-state index in [1.807, 2.05) is 0 Å². The molecule has 0 atom stereocenters. The van der Waals surface area contributed by atoms with E-state index in [1.165, 1.54) is 15.0 Å². The second-order valence-corrected chi connectivity index (χ2v) is 11.7. The van der Waals surface area contributed by atoms with Crippen LogP contribution in [0.4, 0.5) is 0 Å². The second-order valence-electron chi connectivity index (χ2n) is 2.66. The average molecular weight is 254 g/mol. The molecule has 0 aromatic carbocycles. The molecule has 0 fully saturated rings. The minimum atomic E-state index is -1.43. The molecule has 0 bridgehead atoms. The first-order valence-corrected chi connectivity index (χ1v) is 9.10. The molecular formula is C10H19NRu. The Morgan fingerprint density at radius 2 is 1.75 bits per heavy atom. The SMILES string of the molecule is C[CH2][Ru]([CH2]C)([CH2]C)[c]1ccc[nH]1. The molecule has 1 aromatic heterocycles. The molecule has 0 unspecified atom stereocenters. The number of rotatable bonds is 4. The fraction of sp³-hybridized carbons (Fsp3) is 0.600. The Bertz CT molecular complexity index is 203. The van der Waals surface area contributed by atoms with Crippen LogP contribution in [0.3, 0.4) is 0 Å². The summed E-state index contributed by atoms with van der Waals surface area (Å²) in [6.45, 7) is 7.04. The zero-order chi connectivity index (χ0) is 9.03. The standard InChI is InChI=1S/C4H4N.3C2H5.Ru/c1-2-4-5-3-1;3*1-2;/h1-3,5H;3*1H2,2H3;. The molecule has 1 rings (SSSR count). The van der Waals surface area contributed by atoms with E-state index in [0.29, 0.717) is 0 Å². The van der Waals surface area contributed by atoms with Crippen molar-refractivity contribution in [2.24, 2.45) is 0 Å². The van der Waals surface area contributed by atoms with E-state index in [0.717, 1.165) is 0 Å². The summed E-state index contributed by atoms with van der Waals surface area (Å²) in [7, 11) is 0. The van der Waals surface area contributed by atoms with Gasteiger partial charge in [0.05, 0.1) is 0 Å². The monoisotopic (exact) mass is 255 g/mol. The summed E-state index contributed by atoms with van der Waals surface area (Å²) in [4.78, 5) is 3.41. The van der Waals surface area contributed by atoms with E-state index < -0.39 is 14.8 Å². The van der Waals surface area contributed by atoms with Crippen molar-refractivity contribution >= 4 is 4.29 Å². The van der Waals surface area contributed by atoms with Gasteiger partial charge in [-0.15, -0.1) is 0 Å². The summed E-state index contributed by atoms with van der Waals surface area (Å²) in [6.07, 6.45) is 2.06. The van der Waals surface area contributed by atoms with E-state index in [4.69, 9.17) is 0 Å². The van der Waals surface area contributed by atoms with Crippen molar-refractivity contribution in [1.82, 2.24) is 4.98 Å². The molecule has 0 spiro atoms. The Kier molecular flexibility index (Phi) is 3.52. The first-order chi connectivity index (χ1) is 5.79. The molecule has 12 heavy (non-hydrogen) atoms. The van der Waals surface area contributed by atoms with Gasteiger partial charge in [-0.1, -0.05) is 0 Å². The number of aromatic amines is 1. The molecule has 1 aromatic rings. The predicted octanol–water partition coefficient (Wildman–Crippen LogP) is 3.11.